The van der Waals surface area contributed by atoms with Crippen molar-refractivity contribution < 1.29 is 0 Å². The van der Waals surface area contributed by atoms with Crippen LogP contribution in [0.4, 0.5) is 11.5 Å². The van der Waals surface area contributed by atoms with Crippen LogP contribution < -0.4 is 10.6 Å². The van der Waals surface area contributed by atoms with E-state index in [4.69, 9.17) is 5.73 Å². The summed E-state index contributed by atoms with van der Waals surface area (Å²) in [5, 5.41) is 0. The molecular weight excluding hydrogens is 210 g/mol. The molecule has 2 aromatic rings. The van der Waals surface area contributed by atoms with Crippen molar-refractivity contribution in [3.8, 4) is 11.1 Å². The molecule has 0 aliphatic rings. The van der Waals surface area contributed by atoms with Gasteiger partial charge in [-0.25, -0.2) is 4.98 Å². The van der Waals surface area contributed by atoms with Gasteiger partial charge in [0.2, 0.25) is 0 Å². The molecule has 0 atom stereocenters. The third kappa shape index (κ3) is 2.38. The molecule has 2 rings (SSSR count). The number of rotatable bonds is 2. The summed E-state index contributed by atoms with van der Waals surface area (Å²) in [4.78, 5) is 6.26. The topological polar surface area (TPSA) is 42.2 Å². The number of aromatic nitrogens is 1. The second-order valence-electron chi connectivity index (χ2n) is 4.37. The molecule has 1 aromatic carbocycles. The zero-order chi connectivity index (χ0) is 12.4. The van der Waals surface area contributed by atoms with Crippen molar-refractivity contribution in [3.05, 3.63) is 42.1 Å². The Kier molecular flexibility index (Phi) is 3.00. The molecule has 0 saturated heterocycles. The number of anilines is 2. The standard InChI is InChI=1S/C14H17N3/c1-10-8-12(9-16-14(10)15)11-4-6-13(7-5-11)17(2)3/h4-9H,1-3H3,(H2,15,16). The van der Waals surface area contributed by atoms with Crippen molar-refractivity contribution in [2.75, 3.05) is 24.7 Å². The van der Waals surface area contributed by atoms with Crippen molar-refractivity contribution in [1.82, 2.24) is 4.98 Å². The van der Waals surface area contributed by atoms with Crippen LogP contribution in [0.2, 0.25) is 0 Å². The van der Waals surface area contributed by atoms with Gasteiger partial charge in [-0.1, -0.05) is 12.1 Å². The molecule has 1 heterocycles. The summed E-state index contributed by atoms with van der Waals surface area (Å²) in [6.07, 6.45) is 1.81. The SMILES string of the molecule is Cc1cc(-c2ccc(N(C)C)cc2)cnc1N. The summed E-state index contributed by atoms with van der Waals surface area (Å²) < 4.78 is 0. The molecule has 1 aromatic heterocycles. The summed E-state index contributed by atoms with van der Waals surface area (Å²) in [7, 11) is 4.06. The Hall–Kier alpha value is -2.03. The Labute approximate surface area is 102 Å². The van der Waals surface area contributed by atoms with Crippen LogP contribution in [0.5, 0.6) is 0 Å². The predicted octanol–water partition coefficient (Wildman–Crippen LogP) is 2.71. The number of hydrogen-bond donors (Lipinski definition) is 1. The fourth-order valence-electron chi connectivity index (χ4n) is 1.70. The molecule has 0 fully saturated rings. The third-order valence-corrected chi connectivity index (χ3v) is 2.84. The van der Waals surface area contributed by atoms with Crippen molar-refractivity contribution >= 4 is 11.5 Å². The molecule has 0 saturated carbocycles. The molecule has 0 spiro atoms. The van der Waals surface area contributed by atoms with Crippen LogP contribution >= 0.6 is 0 Å². The predicted molar refractivity (Wildman–Crippen MR) is 73.1 cm³/mol. The number of hydrogen-bond acceptors (Lipinski definition) is 3. The maximum Gasteiger partial charge on any atom is 0.126 e. The maximum atomic E-state index is 5.71. The smallest absolute Gasteiger partial charge is 0.126 e. The minimum absolute atomic E-state index is 0.596. The van der Waals surface area contributed by atoms with Gasteiger partial charge in [-0.15, -0.1) is 0 Å². The maximum absolute atomic E-state index is 5.71. The average molecular weight is 227 g/mol. The van der Waals surface area contributed by atoms with Crippen LogP contribution in [0.3, 0.4) is 0 Å². The Morgan fingerprint density at radius 2 is 1.71 bits per heavy atom. The summed E-state index contributed by atoms with van der Waals surface area (Å²) >= 11 is 0. The minimum Gasteiger partial charge on any atom is -0.383 e. The largest absolute Gasteiger partial charge is 0.383 e. The van der Waals surface area contributed by atoms with Gasteiger partial charge >= 0.3 is 0 Å². The zero-order valence-corrected chi connectivity index (χ0v) is 10.4. The summed E-state index contributed by atoms with van der Waals surface area (Å²) in [6.45, 7) is 1.97. The van der Waals surface area contributed by atoms with E-state index in [9.17, 15) is 0 Å². The summed E-state index contributed by atoms with van der Waals surface area (Å²) in [6, 6.07) is 10.5. The van der Waals surface area contributed by atoms with Gasteiger partial charge in [-0.2, -0.15) is 0 Å². The molecular formula is C14H17N3. The molecule has 3 heteroatoms. The van der Waals surface area contributed by atoms with Gasteiger partial charge in [0.1, 0.15) is 5.82 Å². The minimum atomic E-state index is 0.596. The highest BCUT2D eigenvalue weighted by Gasteiger charge is 2.02. The van der Waals surface area contributed by atoms with Crippen LogP contribution in [0.1, 0.15) is 5.56 Å². The van der Waals surface area contributed by atoms with Gasteiger partial charge in [-0.05, 0) is 36.2 Å². The fourth-order valence-corrected chi connectivity index (χ4v) is 1.70. The molecule has 0 bridgehead atoms. The fraction of sp³-hybridized carbons (Fsp3) is 0.214. The van der Waals surface area contributed by atoms with E-state index in [2.05, 4.69) is 40.2 Å². The monoisotopic (exact) mass is 227 g/mol. The van der Waals surface area contributed by atoms with Gasteiger partial charge < -0.3 is 10.6 Å². The van der Waals surface area contributed by atoms with Crippen molar-refractivity contribution in [1.29, 1.82) is 0 Å². The van der Waals surface area contributed by atoms with Gasteiger partial charge in [0.15, 0.2) is 0 Å². The summed E-state index contributed by atoms with van der Waals surface area (Å²) in [5.41, 5.74) is 10.2. The second kappa shape index (κ2) is 4.45. The highest BCUT2D eigenvalue weighted by Crippen LogP contribution is 2.23. The first-order valence-corrected chi connectivity index (χ1v) is 5.58. The van der Waals surface area contributed by atoms with Crippen molar-refractivity contribution in [2.24, 2.45) is 0 Å². The molecule has 17 heavy (non-hydrogen) atoms. The number of nitrogen functional groups attached to an aromatic ring is 1. The van der Waals surface area contributed by atoms with Crippen LogP contribution in [0, 0.1) is 6.92 Å². The number of nitrogens with zero attached hydrogens (tertiary/aromatic N) is 2. The molecule has 0 aliphatic carbocycles. The first-order valence-electron chi connectivity index (χ1n) is 5.58. The quantitative estimate of drug-likeness (QED) is 0.857. The lowest BCUT2D eigenvalue weighted by Gasteiger charge is -2.12. The third-order valence-electron chi connectivity index (χ3n) is 2.84. The first kappa shape index (κ1) is 11.5. The molecule has 0 radical (unpaired) electrons. The summed E-state index contributed by atoms with van der Waals surface area (Å²) in [5.74, 6) is 0.596. The van der Waals surface area contributed by atoms with Crippen LogP contribution in [0.15, 0.2) is 36.5 Å². The van der Waals surface area contributed by atoms with E-state index in [0.29, 0.717) is 5.82 Å². The molecule has 0 amide bonds. The lowest BCUT2D eigenvalue weighted by atomic mass is 10.1. The lowest BCUT2D eigenvalue weighted by molar-refractivity contribution is 1.13. The average Bonchev–Trinajstić information content (AvgIpc) is 2.33. The molecule has 3 nitrogen and oxygen atoms in total. The van der Waals surface area contributed by atoms with Crippen molar-refractivity contribution in [3.63, 3.8) is 0 Å². The van der Waals surface area contributed by atoms with E-state index in [-0.39, 0.29) is 0 Å². The Balaban J connectivity index is 2.36. The lowest BCUT2D eigenvalue weighted by Crippen LogP contribution is -2.07. The van der Waals surface area contributed by atoms with Crippen molar-refractivity contribution in [2.45, 2.75) is 6.92 Å². The van der Waals surface area contributed by atoms with Crippen LogP contribution in [0.25, 0.3) is 11.1 Å². The van der Waals surface area contributed by atoms with E-state index >= 15 is 0 Å². The van der Waals surface area contributed by atoms with E-state index in [0.717, 1.165) is 16.7 Å². The first-order chi connectivity index (χ1) is 8.08. The van der Waals surface area contributed by atoms with Gasteiger partial charge in [0, 0.05) is 31.5 Å². The van der Waals surface area contributed by atoms with Gasteiger partial charge in [0.25, 0.3) is 0 Å². The Bertz CT molecular complexity index is 515. The number of nitrogens with two attached hydrogens (primary N) is 1. The Morgan fingerprint density at radius 3 is 2.24 bits per heavy atom. The van der Waals surface area contributed by atoms with E-state index in [1.54, 1.807) is 0 Å². The molecule has 88 valence electrons. The Morgan fingerprint density at radius 1 is 1.06 bits per heavy atom. The van der Waals surface area contributed by atoms with Crippen LogP contribution in [-0.4, -0.2) is 19.1 Å². The number of aryl methyl sites for hydroxylation is 1. The van der Waals surface area contributed by atoms with Gasteiger partial charge in [0.05, 0.1) is 0 Å². The van der Waals surface area contributed by atoms with E-state index in [1.165, 1.54) is 5.69 Å². The molecule has 0 aliphatic heterocycles. The second-order valence-corrected chi connectivity index (χ2v) is 4.37. The zero-order valence-electron chi connectivity index (χ0n) is 10.4. The highest BCUT2D eigenvalue weighted by atomic mass is 15.1. The number of pyridine rings is 1. The molecule has 0 unspecified atom stereocenters. The van der Waals surface area contributed by atoms with E-state index < -0.39 is 0 Å². The number of benzene rings is 1. The normalized spacial score (nSPS) is 10.3. The van der Waals surface area contributed by atoms with Crippen LogP contribution in [-0.2, 0) is 0 Å². The molecule has 2 N–H and O–H groups in total. The van der Waals surface area contributed by atoms with E-state index in [1.807, 2.05) is 27.2 Å². The highest BCUT2D eigenvalue weighted by molar-refractivity contribution is 5.67. The van der Waals surface area contributed by atoms with Gasteiger partial charge in [-0.3, -0.25) is 0 Å².